The van der Waals surface area contributed by atoms with Crippen molar-refractivity contribution in [2.24, 2.45) is 0 Å². The Morgan fingerprint density at radius 1 is 1.06 bits per heavy atom. The molecule has 90 valence electrons. The second-order valence-electron chi connectivity index (χ2n) is 4.62. The number of hydrogen-bond donors (Lipinski definition) is 1. The molecule has 0 radical (unpaired) electrons. The van der Waals surface area contributed by atoms with Crippen LogP contribution in [0.1, 0.15) is 18.2 Å². The molecule has 3 aromatic rings. The number of aromatic nitrogens is 1. The van der Waals surface area contributed by atoms with E-state index in [0.717, 1.165) is 39.4 Å². The van der Waals surface area contributed by atoms with E-state index in [1.54, 1.807) is 0 Å². The molecule has 0 unspecified atom stereocenters. The zero-order chi connectivity index (χ0) is 12.7. The van der Waals surface area contributed by atoms with Crippen molar-refractivity contribution in [3.8, 4) is 0 Å². The highest BCUT2D eigenvalue weighted by molar-refractivity contribution is 6.05. The fraction of sp³-hybridized carbons (Fsp3) is 0.188. The molecule has 0 spiro atoms. The lowest BCUT2D eigenvalue weighted by Crippen LogP contribution is -2.11. The van der Waals surface area contributed by atoms with Gasteiger partial charge in [0.05, 0.1) is 5.52 Å². The fourth-order valence-corrected chi connectivity index (χ4v) is 2.53. The van der Waals surface area contributed by atoms with E-state index in [0.29, 0.717) is 0 Å². The molecule has 2 nitrogen and oxygen atoms in total. The van der Waals surface area contributed by atoms with Crippen LogP contribution in [0.25, 0.3) is 21.7 Å². The van der Waals surface area contributed by atoms with E-state index in [-0.39, 0.29) is 5.43 Å². The van der Waals surface area contributed by atoms with Crippen molar-refractivity contribution in [2.45, 2.75) is 20.3 Å². The maximum absolute atomic E-state index is 12.3. The van der Waals surface area contributed by atoms with Crippen LogP contribution in [0.15, 0.2) is 41.2 Å². The van der Waals surface area contributed by atoms with Gasteiger partial charge in [-0.2, -0.15) is 0 Å². The molecule has 1 heterocycles. The Balaban J connectivity index is 2.58. The van der Waals surface area contributed by atoms with Crippen molar-refractivity contribution in [1.82, 2.24) is 4.98 Å². The molecule has 0 aliphatic heterocycles. The van der Waals surface area contributed by atoms with Crippen molar-refractivity contribution in [1.29, 1.82) is 0 Å². The zero-order valence-corrected chi connectivity index (χ0v) is 10.6. The van der Waals surface area contributed by atoms with Gasteiger partial charge in [-0.3, -0.25) is 4.79 Å². The van der Waals surface area contributed by atoms with Crippen molar-refractivity contribution in [2.75, 3.05) is 0 Å². The highest BCUT2D eigenvalue weighted by Gasteiger charge is 2.08. The SMILES string of the molecule is CCc1[nH]c2c(ccc3ccccc32)c(=O)c1C. The maximum Gasteiger partial charge on any atom is 0.192 e. The monoisotopic (exact) mass is 237 g/mol. The van der Waals surface area contributed by atoms with Crippen LogP contribution in [0.3, 0.4) is 0 Å². The molecule has 1 aromatic heterocycles. The van der Waals surface area contributed by atoms with Gasteiger partial charge in [-0.1, -0.05) is 37.3 Å². The summed E-state index contributed by atoms with van der Waals surface area (Å²) >= 11 is 0. The van der Waals surface area contributed by atoms with Gasteiger partial charge in [0, 0.05) is 22.0 Å². The van der Waals surface area contributed by atoms with E-state index in [1.807, 2.05) is 31.2 Å². The Kier molecular flexibility index (Phi) is 2.44. The quantitative estimate of drug-likeness (QED) is 0.645. The number of aryl methyl sites for hydroxylation is 1. The van der Waals surface area contributed by atoms with Gasteiger partial charge in [0.15, 0.2) is 5.43 Å². The van der Waals surface area contributed by atoms with Gasteiger partial charge in [0.2, 0.25) is 0 Å². The molecule has 0 fully saturated rings. The molecule has 0 aliphatic rings. The summed E-state index contributed by atoms with van der Waals surface area (Å²) in [6, 6.07) is 12.1. The lowest BCUT2D eigenvalue weighted by atomic mass is 10.0. The molecule has 2 heteroatoms. The third-order valence-electron chi connectivity index (χ3n) is 3.60. The lowest BCUT2D eigenvalue weighted by Gasteiger charge is -2.08. The fourth-order valence-electron chi connectivity index (χ4n) is 2.53. The van der Waals surface area contributed by atoms with Gasteiger partial charge < -0.3 is 4.98 Å². The minimum atomic E-state index is 0.145. The van der Waals surface area contributed by atoms with Crippen molar-refractivity contribution < 1.29 is 0 Å². The van der Waals surface area contributed by atoms with Crippen LogP contribution in [-0.4, -0.2) is 4.98 Å². The summed E-state index contributed by atoms with van der Waals surface area (Å²) in [5.41, 5.74) is 2.97. The Labute approximate surface area is 105 Å². The molecule has 0 bridgehead atoms. The summed E-state index contributed by atoms with van der Waals surface area (Å²) in [5.74, 6) is 0. The van der Waals surface area contributed by atoms with Gasteiger partial charge in [0.1, 0.15) is 0 Å². The second-order valence-corrected chi connectivity index (χ2v) is 4.62. The normalized spacial score (nSPS) is 11.2. The first kappa shape index (κ1) is 11.0. The first-order chi connectivity index (χ1) is 8.72. The number of pyridine rings is 1. The van der Waals surface area contributed by atoms with E-state index in [4.69, 9.17) is 0 Å². The van der Waals surface area contributed by atoms with E-state index < -0.39 is 0 Å². The number of fused-ring (bicyclic) bond motifs is 3. The summed E-state index contributed by atoms with van der Waals surface area (Å²) in [6.07, 6.45) is 0.847. The predicted octanol–water partition coefficient (Wildman–Crippen LogP) is 3.55. The summed E-state index contributed by atoms with van der Waals surface area (Å²) < 4.78 is 0. The van der Waals surface area contributed by atoms with E-state index in [1.165, 1.54) is 0 Å². The molecule has 0 atom stereocenters. The molecule has 2 aromatic carbocycles. The van der Waals surface area contributed by atoms with Crippen LogP contribution in [0.4, 0.5) is 0 Å². The number of hydrogen-bond acceptors (Lipinski definition) is 1. The van der Waals surface area contributed by atoms with E-state index in [9.17, 15) is 4.79 Å². The predicted molar refractivity (Wildman–Crippen MR) is 76.2 cm³/mol. The average Bonchev–Trinajstić information content (AvgIpc) is 2.42. The molecule has 0 saturated heterocycles. The first-order valence-electron chi connectivity index (χ1n) is 6.25. The second kappa shape index (κ2) is 3.98. The largest absolute Gasteiger partial charge is 0.357 e. The zero-order valence-electron chi connectivity index (χ0n) is 10.6. The molecule has 0 amide bonds. The first-order valence-corrected chi connectivity index (χ1v) is 6.25. The van der Waals surface area contributed by atoms with Crippen LogP contribution in [0, 0.1) is 6.92 Å². The molecule has 1 N–H and O–H groups in total. The van der Waals surface area contributed by atoms with Crippen LogP contribution in [-0.2, 0) is 6.42 Å². The average molecular weight is 237 g/mol. The van der Waals surface area contributed by atoms with E-state index >= 15 is 0 Å². The number of nitrogens with one attached hydrogen (secondary N) is 1. The molecule has 0 saturated carbocycles. The minimum Gasteiger partial charge on any atom is -0.357 e. The van der Waals surface area contributed by atoms with Crippen molar-refractivity contribution >= 4 is 21.7 Å². The molecular formula is C16H15NO. The van der Waals surface area contributed by atoms with Crippen LogP contribution < -0.4 is 5.43 Å². The molecule has 3 rings (SSSR count). The summed E-state index contributed by atoms with van der Waals surface area (Å²) in [5, 5.41) is 3.05. The number of H-pyrrole nitrogens is 1. The Morgan fingerprint density at radius 3 is 2.61 bits per heavy atom. The van der Waals surface area contributed by atoms with E-state index in [2.05, 4.69) is 24.0 Å². The minimum absolute atomic E-state index is 0.145. The number of rotatable bonds is 1. The van der Waals surface area contributed by atoms with Gasteiger partial charge in [0.25, 0.3) is 0 Å². The molecule has 18 heavy (non-hydrogen) atoms. The Bertz CT molecular complexity index is 799. The lowest BCUT2D eigenvalue weighted by molar-refractivity contribution is 1.02. The van der Waals surface area contributed by atoms with Gasteiger partial charge in [-0.05, 0) is 24.8 Å². The van der Waals surface area contributed by atoms with Gasteiger partial charge in [-0.15, -0.1) is 0 Å². The highest BCUT2D eigenvalue weighted by atomic mass is 16.1. The molecular weight excluding hydrogens is 222 g/mol. The molecule has 0 aliphatic carbocycles. The number of aromatic amines is 1. The van der Waals surface area contributed by atoms with Crippen LogP contribution >= 0.6 is 0 Å². The van der Waals surface area contributed by atoms with Crippen LogP contribution in [0.5, 0.6) is 0 Å². The summed E-state index contributed by atoms with van der Waals surface area (Å²) in [6.45, 7) is 3.96. The maximum atomic E-state index is 12.3. The van der Waals surface area contributed by atoms with Gasteiger partial charge >= 0.3 is 0 Å². The topological polar surface area (TPSA) is 32.9 Å². The Hall–Kier alpha value is -2.09. The Morgan fingerprint density at radius 2 is 1.83 bits per heavy atom. The van der Waals surface area contributed by atoms with Crippen molar-refractivity contribution in [3.63, 3.8) is 0 Å². The van der Waals surface area contributed by atoms with Crippen LogP contribution in [0.2, 0.25) is 0 Å². The summed E-state index contributed by atoms with van der Waals surface area (Å²) in [4.78, 5) is 15.8. The standard InChI is InChI=1S/C16H15NO/c1-3-14-10(2)16(18)13-9-8-11-6-4-5-7-12(11)15(13)17-14/h4-9H,3H2,1-2H3,(H,17,18). The highest BCUT2D eigenvalue weighted by Crippen LogP contribution is 2.22. The third kappa shape index (κ3) is 1.46. The smallest absolute Gasteiger partial charge is 0.192 e. The third-order valence-corrected chi connectivity index (χ3v) is 3.60. The number of benzene rings is 2. The summed E-state index contributed by atoms with van der Waals surface area (Å²) in [7, 11) is 0. The van der Waals surface area contributed by atoms with Gasteiger partial charge in [-0.25, -0.2) is 0 Å². The van der Waals surface area contributed by atoms with Crippen molar-refractivity contribution in [3.05, 3.63) is 57.9 Å².